The van der Waals surface area contributed by atoms with Crippen LogP contribution >= 0.6 is 11.3 Å². The molecule has 1 N–H and O–H groups in total. The Bertz CT molecular complexity index is 1760. The quantitative estimate of drug-likeness (QED) is 0.263. The summed E-state index contributed by atoms with van der Waals surface area (Å²) in [5.41, 5.74) is 4.16. The maximum atomic E-state index is 13.1. The monoisotopic (exact) mass is 555 g/mol. The van der Waals surface area contributed by atoms with E-state index in [2.05, 4.69) is 9.88 Å². The SMILES string of the molecule is Cc1nc2ccc(-n3cc(C(=O)O)c(=O)cc3-c3ccc(N4CC[C@@H](OCc5ccc(F)cc5)C4)cc3)cc2s1. The number of nitrogens with zero attached hydrogens (tertiary/aromatic N) is 3. The summed E-state index contributed by atoms with van der Waals surface area (Å²) >= 11 is 1.56. The van der Waals surface area contributed by atoms with Gasteiger partial charge in [0.2, 0.25) is 0 Å². The van der Waals surface area contributed by atoms with Gasteiger partial charge in [-0.15, -0.1) is 11.3 Å². The summed E-state index contributed by atoms with van der Waals surface area (Å²) < 4.78 is 21.9. The molecule has 1 atom stereocenters. The zero-order valence-corrected chi connectivity index (χ0v) is 22.5. The highest BCUT2D eigenvalue weighted by Gasteiger charge is 2.24. The van der Waals surface area contributed by atoms with Gasteiger partial charge in [0.15, 0.2) is 5.43 Å². The Morgan fingerprint density at radius 3 is 2.58 bits per heavy atom. The smallest absolute Gasteiger partial charge is 0.341 e. The van der Waals surface area contributed by atoms with E-state index in [1.165, 1.54) is 24.4 Å². The van der Waals surface area contributed by atoms with E-state index in [1.54, 1.807) is 28.0 Å². The molecule has 1 aliphatic heterocycles. The van der Waals surface area contributed by atoms with Gasteiger partial charge in [-0.3, -0.25) is 4.79 Å². The minimum atomic E-state index is -1.26. The molecule has 0 spiro atoms. The van der Waals surface area contributed by atoms with E-state index in [9.17, 15) is 19.1 Å². The van der Waals surface area contributed by atoms with Crippen LogP contribution in [0.15, 0.2) is 83.8 Å². The number of pyridine rings is 1. The van der Waals surface area contributed by atoms with E-state index in [0.29, 0.717) is 12.3 Å². The second-order valence-corrected chi connectivity index (χ2v) is 11.1. The summed E-state index contributed by atoms with van der Waals surface area (Å²) in [5, 5.41) is 10.6. The van der Waals surface area contributed by atoms with Gasteiger partial charge in [-0.1, -0.05) is 24.3 Å². The number of carbonyl (C=O) groups is 1. The molecule has 0 aliphatic carbocycles. The van der Waals surface area contributed by atoms with Crippen LogP contribution in [0.5, 0.6) is 0 Å². The van der Waals surface area contributed by atoms with Crippen molar-refractivity contribution in [2.75, 3.05) is 18.0 Å². The molecule has 0 radical (unpaired) electrons. The van der Waals surface area contributed by atoms with Crippen LogP contribution in [0.1, 0.15) is 27.3 Å². The van der Waals surface area contributed by atoms with Crippen LogP contribution in [-0.4, -0.2) is 39.8 Å². The van der Waals surface area contributed by atoms with Gasteiger partial charge in [0.05, 0.1) is 33.6 Å². The largest absolute Gasteiger partial charge is 0.477 e. The fraction of sp³-hybridized carbons (Fsp3) is 0.194. The number of aromatic nitrogens is 2. The lowest BCUT2D eigenvalue weighted by molar-refractivity contribution is 0.0553. The highest BCUT2D eigenvalue weighted by Crippen LogP contribution is 2.30. The minimum absolute atomic E-state index is 0.0729. The molecule has 1 saturated heterocycles. The maximum absolute atomic E-state index is 13.1. The molecular weight excluding hydrogens is 529 g/mol. The molecule has 0 amide bonds. The fourth-order valence-corrected chi connectivity index (χ4v) is 5.91. The number of thiazole rings is 1. The summed E-state index contributed by atoms with van der Waals surface area (Å²) in [6.45, 7) is 3.97. The molecule has 9 heteroatoms. The van der Waals surface area contributed by atoms with Crippen molar-refractivity contribution >= 4 is 33.2 Å². The van der Waals surface area contributed by atoms with E-state index in [1.807, 2.05) is 49.4 Å². The second-order valence-electron chi connectivity index (χ2n) is 9.84. The van der Waals surface area contributed by atoms with Crippen LogP contribution in [0.3, 0.4) is 0 Å². The molecule has 0 unspecified atom stereocenters. The van der Waals surface area contributed by atoms with E-state index in [-0.39, 0.29) is 17.5 Å². The Hall–Kier alpha value is -4.34. The minimum Gasteiger partial charge on any atom is -0.477 e. The number of carboxylic acid groups (broad SMARTS) is 1. The van der Waals surface area contributed by atoms with Crippen LogP contribution in [0.2, 0.25) is 0 Å². The molecule has 40 heavy (non-hydrogen) atoms. The molecule has 0 bridgehead atoms. The third-order valence-corrected chi connectivity index (χ3v) is 8.04. The van der Waals surface area contributed by atoms with Gasteiger partial charge in [0.25, 0.3) is 0 Å². The Kier molecular flexibility index (Phi) is 6.91. The summed E-state index contributed by atoms with van der Waals surface area (Å²) in [7, 11) is 0. The molecule has 3 heterocycles. The summed E-state index contributed by atoms with van der Waals surface area (Å²) in [5.74, 6) is -1.52. The first-order valence-electron chi connectivity index (χ1n) is 12.9. The standard InChI is InChI=1S/C31H26FN3O4S/c1-19-33-27-11-10-24(14-30(27)40-19)35-17-26(31(37)38)29(36)15-28(35)21-4-8-23(9-5-21)34-13-12-25(16-34)39-18-20-2-6-22(32)7-3-20/h2-11,14-15,17,25H,12-13,16,18H2,1H3,(H,37,38)/t25-/m1/s1. The molecule has 5 aromatic rings. The lowest BCUT2D eigenvalue weighted by atomic mass is 10.1. The fourth-order valence-electron chi connectivity index (χ4n) is 5.05. The average Bonchev–Trinajstić information content (AvgIpc) is 3.58. The number of aromatic carboxylic acids is 1. The molecule has 0 saturated carbocycles. The third-order valence-electron chi connectivity index (χ3n) is 7.11. The average molecular weight is 556 g/mol. The van der Waals surface area contributed by atoms with Crippen molar-refractivity contribution in [3.8, 4) is 16.9 Å². The van der Waals surface area contributed by atoms with Crippen molar-refractivity contribution in [2.24, 2.45) is 0 Å². The number of rotatable bonds is 7. The van der Waals surface area contributed by atoms with E-state index < -0.39 is 11.4 Å². The summed E-state index contributed by atoms with van der Waals surface area (Å²) in [6, 6.07) is 21.4. The van der Waals surface area contributed by atoms with Crippen LogP contribution in [0.4, 0.5) is 10.1 Å². The Balaban J connectivity index is 1.25. The van der Waals surface area contributed by atoms with Crippen molar-refractivity contribution in [2.45, 2.75) is 26.1 Å². The van der Waals surface area contributed by atoms with E-state index >= 15 is 0 Å². The first-order chi connectivity index (χ1) is 19.3. The van der Waals surface area contributed by atoms with Crippen LogP contribution in [-0.2, 0) is 11.3 Å². The van der Waals surface area contributed by atoms with Crippen LogP contribution in [0, 0.1) is 12.7 Å². The number of ether oxygens (including phenoxy) is 1. The number of carboxylic acids is 1. The zero-order valence-electron chi connectivity index (χ0n) is 21.7. The van der Waals surface area contributed by atoms with E-state index in [0.717, 1.165) is 57.2 Å². The van der Waals surface area contributed by atoms with Crippen molar-refractivity contribution in [3.05, 3.63) is 111 Å². The van der Waals surface area contributed by atoms with Crippen molar-refractivity contribution in [3.63, 3.8) is 0 Å². The van der Waals surface area contributed by atoms with E-state index in [4.69, 9.17) is 4.74 Å². The topological polar surface area (TPSA) is 84.7 Å². The second kappa shape index (κ2) is 10.7. The predicted molar refractivity (Wildman–Crippen MR) is 154 cm³/mol. The van der Waals surface area contributed by atoms with Gasteiger partial charge in [0, 0.05) is 36.7 Å². The maximum Gasteiger partial charge on any atom is 0.341 e. The normalized spacial score (nSPS) is 15.2. The lowest BCUT2D eigenvalue weighted by Gasteiger charge is -2.20. The first kappa shape index (κ1) is 25.9. The Morgan fingerprint density at radius 2 is 1.82 bits per heavy atom. The molecule has 6 rings (SSSR count). The van der Waals surface area contributed by atoms with Gasteiger partial charge < -0.3 is 19.3 Å². The van der Waals surface area contributed by atoms with Crippen molar-refractivity contribution in [1.82, 2.24) is 9.55 Å². The van der Waals surface area contributed by atoms with Crippen molar-refractivity contribution in [1.29, 1.82) is 0 Å². The Morgan fingerprint density at radius 1 is 1.07 bits per heavy atom. The lowest BCUT2D eigenvalue weighted by Crippen LogP contribution is -2.22. The number of anilines is 1. The number of fused-ring (bicyclic) bond motifs is 1. The Labute approximate surface area is 233 Å². The van der Waals surface area contributed by atoms with Gasteiger partial charge in [0.1, 0.15) is 11.4 Å². The molecule has 3 aromatic carbocycles. The van der Waals surface area contributed by atoms with Gasteiger partial charge >= 0.3 is 5.97 Å². The highest BCUT2D eigenvalue weighted by atomic mass is 32.1. The first-order valence-corrected chi connectivity index (χ1v) is 13.7. The van der Waals surface area contributed by atoms with Crippen LogP contribution < -0.4 is 10.3 Å². The van der Waals surface area contributed by atoms with Crippen LogP contribution in [0.25, 0.3) is 27.2 Å². The summed E-state index contributed by atoms with van der Waals surface area (Å²) in [6.07, 6.45) is 2.36. The molecule has 202 valence electrons. The van der Waals surface area contributed by atoms with Gasteiger partial charge in [-0.05, 0) is 66.9 Å². The molecule has 2 aromatic heterocycles. The number of hydrogen-bond acceptors (Lipinski definition) is 6. The number of aryl methyl sites for hydroxylation is 1. The predicted octanol–water partition coefficient (Wildman–Crippen LogP) is 6.06. The number of hydrogen-bond donors (Lipinski definition) is 1. The highest BCUT2D eigenvalue weighted by molar-refractivity contribution is 7.18. The molecular formula is C31H26FN3O4S. The summed E-state index contributed by atoms with van der Waals surface area (Å²) in [4.78, 5) is 31.2. The molecule has 1 aliphatic rings. The van der Waals surface area contributed by atoms with Gasteiger partial charge in [-0.25, -0.2) is 14.2 Å². The number of benzene rings is 3. The third kappa shape index (κ3) is 5.25. The molecule has 7 nitrogen and oxygen atoms in total. The molecule has 1 fully saturated rings. The number of halogens is 1. The zero-order chi connectivity index (χ0) is 27.8. The van der Waals surface area contributed by atoms with Crippen molar-refractivity contribution < 1.29 is 19.0 Å². The van der Waals surface area contributed by atoms with Gasteiger partial charge in [-0.2, -0.15) is 0 Å².